The smallest absolute Gasteiger partial charge is 0.121 e. The number of quaternary nitrogens is 1. The first-order valence-corrected chi connectivity index (χ1v) is 11.3. The van der Waals surface area contributed by atoms with Crippen LogP contribution in [0.25, 0.3) is 0 Å². The van der Waals surface area contributed by atoms with Crippen molar-refractivity contribution in [2.45, 2.75) is 90.0 Å². The Bertz CT molecular complexity index is 446. The van der Waals surface area contributed by atoms with Crippen LogP contribution in [0.15, 0.2) is 30.3 Å². The second kappa shape index (κ2) is 19.7. The van der Waals surface area contributed by atoms with Gasteiger partial charge in [0, 0.05) is 12.0 Å². The van der Waals surface area contributed by atoms with Gasteiger partial charge in [0.1, 0.15) is 5.54 Å². The van der Waals surface area contributed by atoms with Crippen LogP contribution in [-0.2, 0) is 5.54 Å². The van der Waals surface area contributed by atoms with Crippen LogP contribution in [0.3, 0.4) is 0 Å². The van der Waals surface area contributed by atoms with Crippen LogP contribution < -0.4 is 17.7 Å². The van der Waals surface area contributed by atoms with E-state index in [1.54, 1.807) is 0 Å². The Labute approximate surface area is 195 Å². The second-order valence-corrected chi connectivity index (χ2v) is 9.08. The summed E-state index contributed by atoms with van der Waals surface area (Å²) in [6.45, 7) is 4.73. The van der Waals surface area contributed by atoms with Crippen molar-refractivity contribution in [1.29, 1.82) is 0 Å². The number of unbranched alkanes of at least 4 members (excludes halogenated alkanes) is 9. The summed E-state index contributed by atoms with van der Waals surface area (Å²) in [7, 11) is 10.8. The van der Waals surface area contributed by atoms with Gasteiger partial charge in [-0.3, -0.25) is 0 Å². The molecule has 1 unspecified atom stereocenters. The van der Waals surface area contributed by atoms with Gasteiger partial charge in [0.15, 0.2) is 0 Å². The van der Waals surface area contributed by atoms with Gasteiger partial charge in [-0.25, -0.2) is 0 Å². The predicted molar refractivity (Wildman–Crippen MR) is 131 cm³/mol. The van der Waals surface area contributed by atoms with Gasteiger partial charge in [-0.1, -0.05) is 95.0 Å². The van der Waals surface area contributed by atoms with E-state index in [1.807, 2.05) is 14.1 Å². The number of nitrogens with one attached hydrogen (secondary N) is 1. The SMILES string of the molecule is CCCCCCCCCCCCC(C)(c1ccccc1)[N+](C)(C)C.CNC.Cl.[Cl-]. The maximum Gasteiger partial charge on any atom is 0.121 e. The molecule has 1 aromatic carbocycles. The standard InChI is InChI=1S/C23H42N.C2H7N.2ClH/c1-6-7-8-9-10-11-12-13-14-18-21-23(2,24(3,4)5)22-19-16-15-17-20-22;1-3-2;;/h15-17,19-20H,6-14,18,21H2,1-5H3;3H,1-2H3;2*1H/q+1;;;/p-1. The summed E-state index contributed by atoms with van der Waals surface area (Å²) in [6, 6.07) is 11.1. The number of nitrogens with zero attached hydrogens (tertiary/aromatic N) is 1. The first kappa shape index (κ1) is 33.4. The van der Waals surface area contributed by atoms with E-state index in [2.05, 4.69) is 70.6 Å². The minimum atomic E-state index is 0. The fourth-order valence-corrected chi connectivity index (χ4v) is 3.62. The molecular weight excluding hydrogens is 399 g/mol. The molecule has 174 valence electrons. The van der Waals surface area contributed by atoms with E-state index in [0.29, 0.717) is 0 Å². The third-order valence-corrected chi connectivity index (χ3v) is 5.89. The van der Waals surface area contributed by atoms with Crippen molar-refractivity contribution in [3.05, 3.63) is 35.9 Å². The molecule has 0 bridgehead atoms. The van der Waals surface area contributed by atoms with Gasteiger partial charge in [0.25, 0.3) is 0 Å². The second-order valence-electron chi connectivity index (χ2n) is 9.08. The Balaban J connectivity index is -0.00000127. The molecule has 0 aromatic heterocycles. The molecule has 0 radical (unpaired) electrons. The van der Waals surface area contributed by atoms with Gasteiger partial charge in [-0.2, -0.15) is 0 Å². The van der Waals surface area contributed by atoms with E-state index in [4.69, 9.17) is 0 Å². The highest BCUT2D eigenvalue weighted by atomic mass is 35.5. The zero-order valence-electron chi connectivity index (χ0n) is 20.4. The molecular formula is C25H50Cl2N2. The van der Waals surface area contributed by atoms with E-state index >= 15 is 0 Å². The summed E-state index contributed by atoms with van der Waals surface area (Å²) >= 11 is 0. The zero-order valence-corrected chi connectivity index (χ0v) is 22.0. The largest absolute Gasteiger partial charge is 1.00 e. The van der Waals surface area contributed by atoms with Gasteiger partial charge < -0.3 is 22.2 Å². The first-order valence-electron chi connectivity index (χ1n) is 11.3. The van der Waals surface area contributed by atoms with Gasteiger partial charge >= 0.3 is 0 Å². The lowest BCUT2D eigenvalue weighted by Crippen LogP contribution is -3.00. The Hall–Kier alpha value is -0.280. The quantitative estimate of drug-likeness (QED) is 0.352. The molecule has 4 heteroatoms. The van der Waals surface area contributed by atoms with Gasteiger partial charge in [-0.05, 0) is 27.4 Å². The highest BCUT2D eigenvalue weighted by Gasteiger charge is 2.38. The molecule has 1 N–H and O–H groups in total. The molecule has 0 aliphatic heterocycles. The summed E-state index contributed by atoms with van der Waals surface area (Å²) in [5.41, 5.74) is 1.69. The lowest BCUT2D eigenvalue weighted by molar-refractivity contribution is -0.930. The summed E-state index contributed by atoms with van der Waals surface area (Å²) < 4.78 is 0.994. The van der Waals surface area contributed by atoms with Crippen molar-refractivity contribution in [3.63, 3.8) is 0 Å². The van der Waals surface area contributed by atoms with Crippen LogP contribution in [0.1, 0.15) is 90.0 Å². The van der Waals surface area contributed by atoms with Crippen LogP contribution in [0.5, 0.6) is 0 Å². The number of hydrogen-bond donors (Lipinski definition) is 1. The van der Waals surface area contributed by atoms with Crippen molar-refractivity contribution in [3.8, 4) is 0 Å². The summed E-state index contributed by atoms with van der Waals surface area (Å²) in [5, 5.41) is 2.75. The van der Waals surface area contributed by atoms with E-state index in [1.165, 1.54) is 76.2 Å². The molecule has 0 spiro atoms. The molecule has 1 aromatic rings. The minimum absolute atomic E-state index is 0. The van der Waals surface area contributed by atoms with Gasteiger partial charge in [-0.15, -0.1) is 12.4 Å². The maximum atomic E-state index is 2.75. The molecule has 0 aliphatic rings. The lowest BCUT2D eigenvalue weighted by Gasteiger charge is -2.44. The van der Waals surface area contributed by atoms with E-state index in [9.17, 15) is 0 Å². The zero-order chi connectivity index (χ0) is 20.6. The lowest BCUT2D eigenvalue weighted by atomic mass is 9.83. The van der Waals surface area contributed by atoms with Crippen molar-refractivity contribution in [2.75, 3.05) is 35.2 Å². The molecule has 0 aliphatic carbocycles. The molecule has 0 heterocycles. The molecule has 2 nitrogen and oxygen atoms in total. The number of rotatable bonds is 13. The number of hydrogen-bond acceptors (Lipinski definition) is 1. The Kier molecular flexibility index (Phi) is 22.6. The molecule has 1 rings (SSSR count). The van der Waals surface area contributed by atoms with Crippen LogP contribution >= 0.6 is 12.4 Å². The van der Waals surface area contributed by atoms with Crippen molar-refractivity contribution in [2.24, 2.45) is 0 Å². The fraction of sp³-hybridized carbons (Fsp3) is 0.760. The molecule has 0 saturated carbocycles. The van der Waals surface area contributed by atoms with Crippen molar-refractivity contribution in [1.82, 2.24) is 5.32 Å². The summed E-state index contributed by atoms with van der Waals surface area (Å²) in [4.78, 5) is 0. The number of benzene rings is 1. The summed E-state index contributed by atoms with van der Waals surface area (Å²) in [5.74, 6) is 0. The van der Waals surface area contributed by atoms with Crippen molar-refractivity contribution < 1.29 is 16.9 Å². The topological polar surface area (TPSA) is 12.0 Å². The molecule has 1 atom stereocenters. The molecule has 0 fully saturated rings. The van der Waals surface area contributed by atoms with Crippen LogP contribution in [-0.4, -0.2) is 39.7 Å². The van der Waals surface area contributed by atoms with E-state index in [0.717, 1.165) is 4.48 Å². The van der Waals surface area contributed by atoms with E-state index < -0.39 is 0 Å². The molecule has 0 amide bonds. The average molecular weight is 450 g/mol. The van der Waals surface area contributed by atoms with Crippen LogP contribution in [0.4, 0.5) is 0 Å². The number of halogens is 2. The molecule has 29 heavy (non-hydrogen) atoms. The Morgan fingerprint density at radius 3 is 1.52 bits per heavy atom. The Morgan fingerprint density at radius 2 is 1.14 bits per heavy atom. The predicted octanol–water partition coefficient (Wildman–Crippen LogP) is 4.18. The highest BCUT2D eigenvalue weighted by Crippen LogP contribution is 2.36. The normalized spacial score (nSPS) is 12.7. The fourth-order valence-electron chi connectivity index (χ4n) is 3.62. The van der Waals surface area contributed by atoms with Crippen molar-refractivity contribution >= 4 is 12.4 Å². The van der Waals surface area contributed by atoms with Gasteiger partial charge in [0.05, 0.1) is 21.1 Å². The third kappa shape index (κ3) is 14.4. The Morgan fingerprint density at radius 1 is 0.759 bits per heavy atom. The monoisotopic (exact) mass is 448 g/mol. The van der Waals surface area contributed by atoms with Crippen LogP contribution in [0, 0.1) is 0 Å². The average Bonchev–Trinajstić information content (AvgIpc) is 2.63. The summed E-state index contributed by atoms with van der Waals surface area (Å²) in [6.07, 6.45) is 15.4. The minimum Gasteiger partial charge on any atom is -1.00 e. The maximum absolute atomic E-state index is 2.75. The first-order chi connectivity index (χ1) is 12.8. The van der Waals surface area contributed by atoms with E-state index in [-0.39, 0.29) is 30.4 Å². The van der Waals surface area contributed by atoms with Crippen LogP contribution in [0.2, 0.25) is 0 Å². The third-order valence-electron chi connectivity index (χ3n) is 5.89. The highest BCUT2D eigenvalue weighted by molar-refractivity contribution is 5.85. The van der Waals surface area contributed by atoms with Gasteiger partial charge in [0.2, 0.25) is 0 Å². The molecule has 0 saturated heterocycles.